The molecular formula is C22H33N3O3. The summed E-state index contributed by atoms with van der Waals surface area (Å²) < 4.78 is 5.08. The molecule has 0 radical (unpaired) electrons. The number of carbonyl (C=O) groups excluding carboxylic acids is 2. The first-order valence-electron chi connectivity index (χ1n) is 10.7. The summed E-state index contributed by atoms with van der Waals surface area (Å²) in [6.07, 6.45) is 5.85. The minimum atomic E-state index is -0.261. The second-order valence-corrected chi connectivity index (χ2v) is 9.36. The van der Waals surface area contributed by atoms with Gasteiger partial charge in [0.05, 0.1) is 17.2 Å². The fourth-order valence-electron chi connectivity index (χ4n) is 5.95. The van der Waals surface area contributed by atoms with Gasteiger partial charge in [0.25, 0.3) is 5.91 Å². The molecule has 0 aromatic carbocycles. The van der Waals surface area contributed by atoms with Crippen LogP contribution in [0.5, 0.6) is 0 Å². The van der Waals surface area contributed by atoms with E-state index in [1.807, 2.05) is 9.80 Å². The van der Waals surface area contributed by atoms with E-state index in [1.165, 1.54) is 6.26 Å². The Kier molecular flexibility index (Phi) is 5.02. The molecule has 1 unspecified atom stereocenters. The molecule has 4 rings (SSSR count). The third kappa shape index (κ3) is 2.97. The van der Waals surface area contributed by atoms with E-state index in [0.29, 0.717) is 17.4 Å². The highest BCUT2D eigenvalue weighted by atomic mass is 16.3. The molecule has 6 nitrogen and oxygen atoms in total. The summed E-state index contributed by atoms with van der Waals surface area (Å²) in [6.45, 7) is 12.6. The second kappa shape index (κ2) is 7.21. The van der Waals surface area contributed by atoms with Gasteiger partial charge in [-0.2, -0.15) is 0 Å². The van der Waals surface area contributed by atoms with Crippen LogP contribution in [0.2, 0.25) is 0 Å². The first kappa shape index (κ1) is 19.5. The van der Waals surface area contributed by atoms with Crippen LogP contribution in [-0.2, 0) is 4.79 Å². The Morgan fingerprint density at radius 3 is 2.50 bits per heavy atom. The van der Waals surface area contributed by atoms with Crippen molar-refractivity contribution >= 4 is 11.8 Å². The topological polar surface area (TPSA) is 57.0 Å². The van der Waals surface area contributed by atoms with Crippen LogP contribution in [-0.4, -0.2) is 72.3 Å². The molecule has 1 aromatic heterocycles. The Labute approximate surface area is 167 Å². The third-order valence-electron chi connectivity index (χ3n) is 7.32. The van der Waals surface area contributed by atoms with Crippen LogP contribution in [0, 0.1) is 16.7 Å². The summed E-state index contributed by atoms with van der Waals surface area (Å²) in [7, 11) is 0. The summed E-state index contributed by atoms with van der Waals surface area (Å²) in [5.74, 6) is 0.993. The van der Waals surface area contributed by atoms with Crippen LogP contribution in [0.3, 0.4) is 0 Å². The molecule has 6 heteroatoms. The Balaban J connectivity index is 1.56. The molecule has 3 aliphatic rings. The van der Waals surface area contributed by atoms with Gasteiger partial charge in [0.1, 0.15) is 6.26 Å². The molecule has 3 aliphatic heterocycles. The number of furan rings is 1. The van der Waals surface area contributed by atoms with Crippen LogP contribution in [0.15, 0.2) is 23.0 Å². The molecule has 0 saturated carbocycles. The van der Waals surface area contributed by atoms with Gasteiger partial charge in [0.15, 0.2) is 0 Å². The molecular weight excluding hydrogens is 354 g/mol. The molecule has 3 fully saturated rings. The smallest absolute Gasteiger partial charge is 0.257 e. The first-order chi connectivity index (χ1) is 13.4. The van der Waals surface area contributed by atoms with Crippen LogP contribution in [0.1, 0.15) is 50.4 Å². The zero-order valence-corrected chi connectivity index (χ0v) is 17.4. The van der Waals surface area contributed by atoms with Crippen molar-refractivity contribution < 1.29 is 14.0 Å². The zero-order chi connectivity index (χ0) is 19.9. The molecule has 154 valence electrons. The van der Waals surface area contributed by atoms with Crippen LogP contribution in [0.4, 0.5) is 0 Å². The number of hydrogen-bond acceptors (Lipinski definition) is 4. The lowest BCUT2D eigenvalue weighted by atomic mass is 9.60. The van der Waals surface area contributed by atoms with Crippen molar-refractivity contribution in [2.45, 2.75) is 40.0 Å². The van der Waals surface area contributed by atoms with Crippen molar-refractivity contribution in [3.63, 3.8) is 0 Å². The van der Waals surface area contributed by atoms with Crippen molar-refractivity contribution in [3.05, 3.63) is 24.2 Å². The predicted octanol–water partition coefficient (Wildman–Crippen LogP) is 2.71. The van der Waals surface area contributed by atoms with Crippen molar-refractivity contribution in [1.29, 1.82) is 0 Å². The summed E-state index contributed by atoms with van der Waals surface area (Å²) in [5.41, 5.74) is 0.353. The maximum atomic E-state index is 13.5. The molecule has 1 aromatic rings. The van der Waals surface area contributed by atoms with Crippen LogP contribution < -0.4 is 0 Å². The number of carbonyl (C=O) groups is 2. The van der Waals surface area contributed by atoms with Gasteiger partial charge in [0.2, 0.25) is 5.91 Å². The van der Waals surface area contributed by atoms with Gasteiger partial charge >= 0.3 is 0 Å². The average molecular weight is 388 g/mol. The normalized spacial score (nSPS) is 27.6. The Morgan fingerprint density at radius 1 is 1.18 bits per heavy atom. The number of nitrogens with zero attached hydrogens (tertiary/aromatic N) is 3. The van der Waals surface area contributed by atoms with E-state index in [9.17, 15) is 9.59 Å². The lowest BCUT2D eigenvalue weighted by molar-refractivity contribution is -0.141. The highest BCUT2D eigenvalue weighted by Gasteiger charge is 2.64. The number of fused-ring (bicyclic) bond motifs is 1. The fraction of sp³-hybridized carbons (Fsp3) is 0.727. The quantitative estimate of drug-likeness (QED) is 0.797. The van der Waals surface area contributed by atoms with Crippen molar-refractivity contribution in [1.82, 2.24) is 14.7 Å². The van der Waals surface area contributed by atoms with Crippen molar-refractivity contribution in [2.75, 3.05) is 45.8 Å². The molecule has 0 aliphatic carbocycles. The predicted molar refractivity (Wildman–Crippen MR) is 107 cm³/mol. The molecule has 0 bridgehead atoms. The summed E-state index contributed by atoms with van der Waals surface area (Å²) >= 11 is 0. The van der Waals surface area contributed by atoms with Crippen LogP contribution >= 0.6 is 0 Å². The summed E-state index contributed by atoms with van der Waals surface area (Å²) in [4.78, 5) is 32.7. The Morgan fingerprint density at radius 2 is 1.93 bits per heavy atom. The monoisotopic (exact) mass is 387 g/mol. The van der Waals surface area contributed by atoms with E-state index in [1.54, 1.807) is 12.3 Å². The van der Waals surface area contributed by atoms with E-state index in [2.05, 4.69) is 25.7 Å². The number of piperidine rings is 1. The molecule has 28 heavy (non-hydrogen) atoms. The number of hydrogen-bond donors (Lipinski definition) is 0. The second-order valence-electron chi connectivity index (χ2n) is 9.36. The third-order valence-corrected chi connectivity index (χ3v) is 7.32. The van der Waals surface area contributed by atoms with E-state index < -0.39 is 0 Å². The lowest BCUT2D eigenvalue weighted by Crippen LogP contribution is -2.53. The highest BCUT2D eigenvalue weighted by Crippen LogP contribution is 2.57. The average Bonchev–Trinajstić information content (AvgIpc) is 3.37. The lowest BCUT2D eigenvalue weighted by Gasteiger charge is -2.47. The van der Waals surface area contributed by atoms with Gasteiger partial charge < -0.3 is 19.1 Å². The molecule has 1 atom stereocenters. The highest BCUT2D eigenvalue weighted by molar-refractivity contribution is 5.94. The minimum absolute atomic E-state index is 0.00390. The molecule has 4 heterocycles. The van der Waals surface area contributed by atoms with Gasteiger partial charge in [-0.1, -0.05) is 13.8 Å². The molecule has 0 N–H and O–H groups in total. The van der Waals surface area contributed by atoms with E-state index in [0.717, 1.165) is 65.1 Å². The SMILES string of the molecule is CCN1CCC2(CN(CC(C)C)CC23CCN(C(=O)c2ccoc2)CC3)C1=O. The van der Waals surface area contributed by atoms with Crippen molar-refractivity contribution in [3.8, 4) is 0 Å². The minimum Gasteiger partial charge on any atom is -0.472 e. The molecule has 2 spiro atoms. The van der Waals surface area contributed by atoms with Gasteiger partial charge in [-0.15, -0.1) is 0 Å². The van der Waals surface area contributed by atoms with E-state index in [-0.39, 0.29) is 16.7 Å². The summed E-state index contributed by atoms with van der Waals surface area (Å²) in [6, 6.07) is 1.73. The van der Waals surface area contributed by atoms with Crippen LogP contribution in [0.25, 0.3) is 0 Å². The van der Waals surface area contributed by atoms with Gasteiger partial charge in [-0.25, -0.2) is 0 Å². The number of amides is 2. The molecule has 3 saturated heterocycles. The first-order valence-corrected chi connectivity index (χ1v) is 10.7. The maximum absolute atomic E-state index is 13.5. The Hall–Kier alpha value is -1.82. The Bertz CT molecular complexity index is 721. The molecule has 2 amide bonds. The summed E-state index contributed by atoms with van der Waals surface area (Å²) in [5, 5.41) is 0. The van der Waals surface area contributed by atoms with Crippen molar-refractivity contribution in [2.24, 2.45) is 16.7 Å². The fourth-order valence-corrected chi connectivity index (χ4v) is 5.95. The van der Waals surface area contributed by atoms with Gasteiger partial charge in [-0.3, -0.25) is 9.59 Å². The maximum Gasteiger partial charge on any atom is 0.257 e. The largest absolute Gasteiger partial charge is 0.472 e. The standard InChI is InChI=1S/C22H33N3O3/c1-4-24-11-8-22(20(24)27)16-23(13-17(2)3)15-21(22)6-9-25(10-7-21)19(26)18-5-12-28-14-18/h5,12,14,17H,4,6-11,13,15-16H2,1-3H3. The zero-order valence-electron chi connectivity index (χ0n) is 17.4. The van der Waals surface area contributed by atoms with Gasteiger partial charge in [-0.05, 0) is 38.2 Å². The van der Waals surface area contributed by atoms with E-state index in [4.69, 9.17) is 4.42 Å². The van der Waals surface area contributed by atoms with Gasteiger partial charge in [0, 0.05) is 51.2 Å². The van der Waals surface area contributed by atoms with E-state index >= 15 is 0 Å². The number of rotatable bonds is 4. The number of likely N-dealkylation sites (tertiary alicyclic amines) is 3.